The summed E-state index contributed by atoms with van der Waals surface area (Å²) < 4.78 is 7.29. The number of carbonyl (C=O) groups excluding carboxylic acids is 1. The van der Waals surface area contributed by atoms with Gasteiger partial charge in [-0.2, -0.15) is 0 Å². The maximum Gasteiger partial charge on any atom is 0.340 e. The van der Waals surface area contributed by atoms with Gasteiger partial charge in [-0.3, -0.25) is 4.90 Å². The first-order valence-electron chi connectivity index (χ1n) is 10.8. The van der Waals surface area contributed by atoms with Gasteiger partial charge in [0.1, 0.15) is 5.52 Å². The quantitative estimate of drug-likeness (QED) is 0.401. The molecule has 0 atom stereocenters. The van der Waals surface area contributed by atoms with Gasteiger partial charge in [-0.1, -0.05) is 42.5 Å². The van der Waals surface area contributed by atoms with Crippen molar-refractivity contribution in [3.05, 3.63) is 72.1 Å². The third-order valence-corrected chi connectivity index (χ3v) is 5.71. The molecule has 2 heterocycles. The molecule has 0 radical (unpaired) electrons. The summed E-state index contributed by atoms with van der Waals surface area (Å²) in [5.41, 5.74) is 5.09. The number of carbonyl (C=O) groups is 1. The van der Waals surface area contributed by atoms with Crippen molar-refractivity contribution in [1.29, 1.82) is 0 Å². The molecule has 5 nitrogen and oxygen atoms in total. The maximum absolute atomic E-state index is 12.1. The van der Waals surface area contributed by atoms with Crippen LogP contribution in [-0.4, -0.2) is 46.7 Å². The van der Waals surface area contributed by atoms with E-state index in [0.29, 0.717) is 12.2 Å². The third kappa shape index (κ3) is 4.62. The molecule has 1 aromatic heterocycles. The van der Waals surface area contributed by atoms with E-state index in [0.717, 1.165) is 56.5 Å². The van der Waals surface area contributed by atoms with Gasteiger partial charge in [0.05, 0.1) is 24.0 Å². The fourth-order valence-electron chi connectivity index (χ4n) is 4.09. The van der Waals surface area contributed by atoms with Gasteiger partial charge in [-0.05, 0) is 56.0 Å². The van der Waals surface area contributed by atoms with Crippen LogP contribution in [0.4, 0.5) is 0 Å². The topological polar surface area (TPSA) is 47.4 Å². The first-order valence-corrected chi connectivity index (χ1v) is 10.8. The number of nitrogens with zero attached hydrogens (tertiary/aromatic N) is 3. The van der Waals surface area contributed by atoms with Crippen molar-refractivity contribution in [1.82, 2.24) is 14.5 Å². The fraction of sp³-hybridized carbons (Fsp3) is 0.360. The second-order valence-corrected chi connectivity index (χ2v) is 7.68. The van der Waals surface area contributed by atoms with Gasteiger partial charge in [0, 0.05) is 19.6 Å². The molecule has 0 unspecified atom stereocenters. The van der Waals surface area contributed by atoms with E-state index in [1.165, 1.54) is 11.1 Å². The first-order chi connectivity index (χ1) is 14.8. The van der Waals surface area contributed by atoms with Crippen LogP contribution in [0.25, 0.3) is 16.6 Å². The number of rotatable bonds is 8. The second-order valence-electron chi connectivity index (χ2n) is 7.68. The molecule has 2 aromatic carbocycles. The van der Waals surface area contributed by atoms with Gasteiger partial charge in [0.15, 0.2) is 0 Å². The lowest BCUT2D eigenvalue weighted by Crippen LogP contribution is -2.29. The Hall–Kier alpha value is -2.92. The van der Waals surface area contributed by atoms with Crippen LogP contribution in [0.2, 0.25) is 0 Å². The smallest absolute Gasteiger partial charge is 0.340 e. The molecule has 0 aliphatic carbocycles. The Balaban J connectivity index is 1.28. The Labute approximate surface area is 178 Å². The molecule has 0 fully saturated rings. The monoisotopic (exact) mass is 403 g/mol. The zero-order valence-electron chi connectivity index (χ0n) is 17.6. The number of benzene rings is 2. The highest BCUT2D eigenvalue weighted by Gasteiger charge is 2.15. The SMILES string of the molecule is CCOC(=O)c1cccc2c1ncn2CCCCN1CC=C(c2ccccc2)CC1. The number of fused-ring (bicyclic) bond motifs is 1. The number of imidazole rings is 1. The van der Waals surface area contributed by atoms with Crippen LogP contribution in [-0.2, 0) is 11.3 Å². The van der Waals surface area contributed by atoms with Gasteiger partial charge in [-0.15, -0.1) is 0 Å². The summed E-state index contributed by atoms with van der Waals surface area (Å²) in [7, 11) is 0. The number of unbranched alkanes of at least 4 members (excludes halogenated alkanes) is 1. The Kier molecular flexibility index (Phi) is 6.60. The van der Waals surface area contributed by atoms with Crippen molar-refractivity contribution in [3.8, 4) is 0 Å². The average molecular weight is 404 g/mol. The Morgan fingerprint density at radius 1 is 1.07 bits per heavy atom. The molecule has 1 aliphatic rings. The largest absolute Gasteiger partial charge is 0.462 e. The highest BCUT2D eigenvalue weighted by molar-refractivity contribution is 6.01. The number of aryl methyl sites for hydroxylation is 1. The summed E-state index contributed by atoms with van der Waals surface area (Å²) in [5.74, 6) is -0.304. The fourth-order valence-corrected chi connectivity index (χ4v) is 4.09. The Morgan fingerprint density at radius 2 is 1.90 bits per heavy atom. The number of hydrogen-bond donors (Lipinski definition) is 0. The van der Waals surface area contributed by atoms with Crippen LogP contribution < -0.4 is 0 Å². The minimum atomic E-state index is -0.304. The van der Waals surface area contributed by atoms with E-state index in [4.69, 9.17) is 4.74 Å². The van der Waals surface area contributed by atoms with Gasteiger partial charge < -0.3 is 9.30 Å². The molecule has 1 aliphatic heterocycles. The molecular formula is C25H29N3O2. The molecule has 0 saturated heterocycles. The molecule has 30 heavy (non-hydrogen) atoms. The third-order valence-electron chi connectivity index (χ3n) is 5.71. The predicted molar refractivity (Wildman–Crippen MR) is 120 cm³/mol. The highest BCUT2D eigenvalue weighted by Crippen LogP contribution is 2.22. The summed E-state index contributed by atoms with van der Waals surface area (Å²) >= 11 is 0. The van der Waals surface area contributed by atoms with Crippen molar-refractivity contribution in [2.24, 2.45) is 0 Å². The van der Waals surface area contributed by atoms with E-state index in [-0.39, 0.29) is 5.97 Å². The summed E-state index contributed by atoms with van der Waals surface area (Å²) in [4.78, 5) is 19.1. The molecule has 3 aromatic rings. The lowest BCUT2D eigenvalue weighted by Gasteiger charge is -2.26. The molecule has 0 spiro atoms. The van der Waals surface area contributed by atoms with Crippen LogP contribution in [0, 0.1) is 0 Å². The van der Waals surface area contributed by atoms with E-state index in [1.807, 2.05) is 25.4 Å². The minimum absolute atomic E-state index is 0.304. The average Bonchev–Trinajstić information content (AvgIpc) is 3.21. The zero-order valence-corrected chi connectivity index (χ0v) is 17.6. The predicted octanol–water partition coefficient (Wildman–Crippen LogP) is 4.78. The van der Waals surface area contributed by atoms with E-state index in [9.17, 15) is 4.79 Å². The maximum atomic E-state index is 12.1. The molecule has 156 valence electrons. The Morgan fingerprint density at radius 3 is 2.67 bits per heavy atom. The molecule has 0 amide bonds. The van der Waals surface area contributed by atoms with Crippen molar-refractivity contribution in [2.75, 3.05) is 26.2 Å². The van der Waals surface area contributed by atoms with E-state index < -0.39 is 0 Å². The molecule has 4 rings (SSSR count). The molecule has 0 saturated carbocycles. The van der Waals surface area contributed by atoms with E-state index in [1.54, 1.807) is 6.07 Å². The summed E-state index contributed by atoms with van der Waals surface area (Å²) in [6.45, 7) is 6.35. The van der Waals surface area contributed by atoms with Crippen molar-refractivity contribution in [3.63, 3.8) is 0 Å². The number of para-hydroxylation sites is 1. The van der Waals surface area contributed by atoms with Crippen molar-refractivity contribution in [2.45, 2.75) is 32.7 Å². The van der Waals surface area contributed by atoms with Gasteiger partial charge in [-0.25, -0.2) is 9.78 Å². The van der Waals surface area contributed by atoms with Crippen LogP contribution in [0.1, 0.15) is 42.1 Å². The highest BCUT2D eigenvalue weighted by atomic mass is 16.5. The number of aromatic nitrogens is 2. The molecule has 0 bridgehead atoms. The minimum Gasteiger partial charge on any atom is -0.462 e. The van der Waals surface area contributed by atoms with Crippen molar-refractivity contribution < 1.29 is 9.53 Å². The number of ether oxygens (including phenoxy) is 1. The first kappa shape index (κ1) is 20.4. The lowest BCUT2D eigenvalue weighted by molar-refractivity contribution is 0.0528. The van der Waals surface area contributed by atoms with Crippen LogP contribution in [0.5, 0.6) is 0 Å². The normalized spacial score (nSPS) is 14.6. The summed E-state index contributed by atoms with van der Waals surface area (Å²) in [6.07, 6.45) is 7.56. The molecular weight excluding hydrogens is 374 g/mol. The van der Waals surface area contributed by atoms with Gasteiger partial charge >= 0.3 is 5.97 Å². The van der Waals surface area contributed by atoms with Crippen molar-refractivity contribution >= 4 is 22.6 Å². The van der Waals surface area contributed by atoms with Crippen LogP contribution in [0.15, 0.2) is 60.9 Å². The number of hydrogen-bond acceptors (Lipinski definition) is 4. The van der Waals surface area contributed by atoms with E-state index >= 15 is 0 Å². The lowest BCUT2D eigenvalue weighted by atomic mass is 9.99. The van der Waals surface area contributed by atoms with E-state index in [2.05, 4.69) is 50.9 Å². The summed E-state index contributed by atoms with van der Waals surface area (Å²) in [5, 5.41) is 0. The van der Waals surface area contributed by atoms with Crippen LogP contribution >= 0.6 is 0 Å². The Bertz CT molecular complexity index is 1020. The molecule has 5 heteroatoms. The van der Waals surface area contributed by atoms with Gasteiger partial charge in [0.25, 0.3) is 0 Å². The second kappa shape index (κ2) is 9.72. The van der Waals surface area contributed by atoms with Gasteiger partial charge in [0.2, 0.25) is 0 Å². The molecule has 0 N–H and O–H groups in total. The number of esters is 1. The zero-order chi connectivity index (χ0) is 20.8. The standard InChI is InChI=1S/C25H29N3O2/c1-2-30-25(29)22-11-8-12-23-24(22)26-19-28(23)16-7-6-15-27-17-13-21(14-18-27)20-9-4-3-5-10-20/h3-5,8-13,19H,2,6-7,14-18H2,1H3. The van der Waals surface area contributed by atoms with Crippen LogP contribution in [0.3, 0.4) is 0 Å². The summed E-state index contributed by atoms with van der Waals surface area (Å²) in [6, 6.07) is 16.4.